The number of hydrogen-bond donors (Lipinski definition) is 0. The van der Waals surface area contributed by atoms with Crippen LogP contribution in [-0.2, 0) is 9.53 Å². The van der Waals surface area contributed by atoms with Gasteiger partial charge in [-0.15, -0.1) is 23.2 Å². The van der Waals surface area contributed by atoms with E-state index in [1.807, 2.05) is 13.0 Å². The van der Waals surface area contributed by atoms with Crippen molar-refractivity contribution >= 4 is 29.0 Å². The van der Waals surface area contributed by atoms with E-state index in [0.717, 1.165) is 5.57 Å². The number of hydrogen-bond acceptors (Lipinski definition) is 2. The normalized spacial score (nSPS) is 13.2. The summed E-state index contributed by atoms with van der Waals surface area (Å²) >= 11 is 11.3. The molecule has 0 amide bonds. The molecule has 0 aliphatic heterocycles. The lowest BCUT2D eigenvalue weighted by atomic mass is 10.2. The molecule has 0 heterocycles. The Morgan fingerprint density at radius 1 is 1.20 bits per heavy atom. The van der Waals surface area contributed by atoms with Gasteiger partial charge in [0.1, 0.15) is 12.4 Å². The lowest BCUT2D eigenvalue weighted by molar-refractivity contribution is -0.113. The average molecular weight is 315 g/mol. The van der Waals surface area contributed by atoms with Gasteiger partial charge in [0.2, 0.25) is 0 Å². The molecule has 0 aromatic carbocycles. The fourth-order valence-electron chi connectivity index (χ4n) is 1.06. The largest absolute Gasteiger partial charge is 0.492 e. The average Bonchev–Trinajstić information content (AvgIpc) is 2.42. The van der Waals surface area contributed by atoms with Gasteiger partial charge < -0.3 is 4.74 Å². The number of carbonyl (C=O) groups excluding carboxylic acids is 1. The van der Waals surface area contributed by atoms with Crippen molar-refractivity contribution in [3.63, 3.8) is 0 Å². The highest BCUT2D eigenvalue weighted by atomic mass is 35.5. The lowest BCUT2D eigenvalue weighted by Gasteiger charge is -2.07. The van der Waals surface area contributed by atoms with Crippen LogP contribution in [0.25, 0.3) is 0 Å². The first kappa shape index (κ1) is 18.8. The molecule has 0 saturated heterocycles. The zero-order valence-electron chi connectivity index (χ0n) is 11.9. The molecule has 0 aromatic rings. The molecule has 0 aliphatic rings. The third-order valence-corrected chi connectivity index (χ3v) is 2.70. The first-order chi connectivity index (χ1) is 9.51. The van der Waals surface area contributed by atoms with E-state index in [4.69, 9.17) is 27.9 Å². The summed E-state index contributed by atoms with van der Waals surface area (Å²) < 4.78 is 5.55. The SMILES string of the molecule is C=C(/C=C\C=C(/C)CO/C(=C/C=C\CCl)CCl)C(C)=O. The van der Waals surface area contributed by atoms with E-state index in [1.165, 1.54) is 6.92 Å². The van der Waals surface area contributed by atoms with E-state index in [-0.39, 0.29) is 5.78 Å². The maximum absolute atomic E-state index is 11.0. The Morgan fingerprint density at radius 2 is 1.90 bits per heavy atom. The van der Waals surface area contributed by atoms with Gasteiger partial charge in [-0.2, -0.15) is 0 Å². The third-order valence-electron chi connectivity index (χ3n) is 2.25. The number of ketones is 1. The highest BCUT2D eigenvalue weighted by molar-refractivity contribution is 6.19. The van der Waals surface area contributed by atoms with E-state index in [2.05, 4.69) is 6.58 Å². The van der Waals surface area contributed by atoms with Crippen molar-refractivity contribution in [3.8, 4) is 0 Å². The van der Waals surface area contributed by atoms with E-state index in [0.29, 0.717) is 29.7 Å². The second-order valence-electron chi connectivity index (χ2n) is 4.09. The molecule has 20 heavy (non-hydrogen) atoms. The molecule has 0 unspecified atom stereocenters. The quantitative estimate of drug-likeness (QED) is 0.270. The van der Waals surface area contributed by atoms with Gasteiger partial charge in [0.05, 0.1) is 5.88 Å². The predicted octanol–water partition coefficient (Wildman–Crippen LogP) is 4.57. The van der Waals surface area contributed by atoms with Crippen LogP contribution in [0.4, 0.5) is 0 Å². The van der Waals surface area contributed by atoms with Crippen molar-refractivity contribution in [2.75, 3.05) is 18.4 Å². The summed E-state index contributed by atoms with van der Waals surface area (Å²) in [5.41, 5.74) is 1.48. The standard InChI is InChI=1S/C16H20Cl2O2/c1-13(7-6-8-14(2)15(3)19)12-20-16(11-18)9-4-5-10-17/h4-9H,2,10-12H2,1,3H3/b5-4-,8-6-,13-7+,16-9+. The Bertz CT molecular complexity index is 443. The number of Topliss-reactive ketones (excluding diaryl/α,β-unsaturated/α-hetero) is 1. The maximum Gasteiger partial charge on any atom is 0.159 e. The molecule has 0 aliphatic carbocycles. The summed E-state index contributed by atoms with van der Waals surface area (Å²) in [4.78, 5) is 11.0. The molecule has 0 atom stereocenters. The van der Waals surface area contributed by atoms with Crippen LogP contribution in [0.3, 0.4) is 0 Å². The van der Waals surface area contributed by atoms with Crippen LogP contribution < -0.4 is 0 Å². The van der Waals surface area contributed by atoms with Crippen molar-refractivity contribution in [2.45, 2.75) is 13.8 Å². The molecule has 110 valence electrons. The summed E-state index contributed by atoms with van der Waals surface area (Å²) in [5.74, 6) is 1.40. The van der Waals surface area contributed by atoms with Crippen LogP contribution >= 0.6 is 23.2 Å². The van der Waals surface area contributed by atoms with Gasteiger partial charge in [0, 0.05) is 11.5 Å². The molecule has 4 heteroatoms. The third kappa shape index (κ3) is 9.65. The van der Waals surface area contributed by atoms with Crippen molar-refractivity contribution in [1.29, 1.82) is 0 Å². The first-order valence-electron chi connectivity index (χ1n) is 6.15. The van der Waals surface area contributed by atoms with Crippen LogP contribution in [0.5, 0.6) is 0 Å². The van der Waals surface area contributed by atoms with Crippen LogP contribution in [0.2, 0.25) is 0 Å². The number of allylic oxidation sites excluding steroid dienone is 8. The fourth-order valence-corrected chi connectivity index (χ4v) is 1.33. The van der Waals surface area contributed by atoms with Crippen molar-refractivity contribution < 1.29 is 9.53 Å². The predicted molar refractivity (Wildman–Crippen MR) is 87.3 cm³/mol. The van der Waals surface area contributed by atoms with Crippen LogP contribution in [0, 0.1) is 0 Å². The zero-order valence-corrected chi connectivity index (χ0v) is 13.4. The van der Waals surface area contributed by atoms with Crippen molar-refractivity contribution in [1.82, 2.24) is 0 Å². The summed E-state index contributed by atoms with van der Waals surface area (Å²) in [6, 6.07) is 0. The topological polar surface area (TPSA) is 26.3 Å². The van der Waals surface area contributed by atoms with Gasteiger partial charge in [-0.3, -0.25) is 4.79 Å². The maximum atomic E-state index is 11.0. The van der Waals surface area contributed by atoms with Crippen molar-refractivity contribution in [2.24, 2.45) is 0 Å². The van der Waals surface area contributed by atoms with Gasteiger partial charge >= 0.3 is 0 Å². The lowest BCUT2D eigenvalue weighted by Crippen LogP contribution is -1.97. The Morgan fingerprint density at radius 3 is 2.45 bits per heavy atom. The smallest absolute Gasteiger partial charge is 0.159 e. The Hall–Kier alpha value is -1.25. The van der Waals surface area contributed by atoms with Crippen LogP contribution in [0.15, 0.2) is 59.9 Å². The Balaban J connectivity index is 4.35. The molecule has 0 N–H and O–H groups in total. The molecule has 0 spiro atoms. The Kier molecular flexibility index (Phi) is 10.8. The second kappa shape index (κ2) is 11.6. The number of ether oxygens (including phenoxy) is 1. The first-order valence-corrected chi connectivity index (χ1v) is 7.22. The number of carbonyl (C=O) groups is 1. The Labute approximate surface area is 131 Å². The van der Waals surface area contributed by atoms with E-state index in [1.54, 1.807) is 30.4 Å². The van der Waals surface area contributed by atoms with Crippen LogP contribution in [0.1, 0.15) is 13.8 Å². The molecule has 0 rings (SSSR count). The molecule has 0 bridgehead atoms. The molecule has 0 aromatic heterocycles. The summed E-state index contributed by atoms with van der Waals surface area (Å²) in [6.45, 7) is 7.49. The molecule has 0 radical (unpaired) electrons. The van der Waals surface area contributed by atoms with Gasteiger partial charge in [-0.1, -0.05) is 37.0 Å². The number of rotatable bonds is 9. The van der Waals surface area contributed by atoms with Gasteiger partial charge in [-0.05, 0) is 25.5 Å². The van der Waals surface area contributed by atoms with Crippen molar-refractivity contribution in [3.05, 3.63) is 59.9 Å². The molecule has 0 fully saturated rings. The van der Waals surface area contributed by atoms with Gasteiger partial charge in [-0.25, -0.2) is 0 Å². The van der Waals surface area contributed by atoms with Crippen LogP contribution in [-0.4, -0.2) is 24.2 Å². The highest BCUT2D eigenvalue weighted by Crippen LogP contribution is 2.05. The second-order valence-corrected chi connectivity index (χ2v) is 4.67. The minimum atomic E-state index is -0.0398. The van der Waals surface area contributed by atoms with E-state index >= 15 is 0 Å². The highest BCUT2D eigenvalue weighted by Gasteiger charge is 1.96. The van der Waals surface area contributed by atoms with Gasteiger partial charge in [0.15, 0.2) is 5.78 Å². The minimum Gasteiger partial charge on any atom is -0.492 e. The van der Waals surface area contributed by atoms with Gasteiger partial charge in [0.25, 0.3) is 0 Å². The number of alkyl halides is 2. The summed E-state index contributed by atoms with van der Waals surface area (Å²) in [7, 11) is 0. The molecule has 0 saturated carbocycles. The monoisotopic (exact) mass is 314 g/mol. The van der Waals surface area contributed by atoms with E-state index in [9.17, 15) is 4.79 Å². The number of halogens is 2. The fraction of sp³-hybridized carbons (Fsp3) is 0.312. The molecule has 2 nitrogen and oxygen atoms in total. The van der Waals surface area contributed by atoms with E-state index < -0.39 is 0 Å². The minimum absolute atomic E-state index is 0.0398. The summed E-state index contributed by atoms with van der Waals surface area (Å²) in [5, 5.41) is 0. The summed E-state index contributed by atoms with van der Waals surface area (Å²) in [6.07, 6.45) is 10.7. The molecular formula is C16H20Cl2O2. The molecular weight excluding hydrogens is 295 g/mol. The zero-order chi connectivity index (χ0) is 15.4.